The number of carbonyl (C=O) groups excluding carboxylic acids is 1. The number of benzene rings is 2. The van der Waals surface area contributed by atoms with E-state index in [1.165, 1.54) is 5.56 Å². The SMILES string of the molecule is O=C(NC1CCN(Cn2nc(-c3ccncc3)n(Cc3ccccc3)c2=S)CC1)c1ccccc1. The van der Waals surface area contributed by atoms with Crippen LogP contribution in [0.4, 0.5) is 0 Å². The van der Waals surface area contributed by atoms with E-state index in [0.717, 1.165) is 37.3 Å². The summed E-state index contributed by atoms with van der Waals surface area (Å²) in [4.78, 5) is 19.0. The van der Waals surface area contributed by atoms with Crippen LogP contribution in [0.15, 0.2) is 85.2 Å². The van der Waals surface area contributed by atoms with Gasteiger partial charge >= 0.3 is 0 Å². The number of rotatable bonds is 7. The molecule has 1 saturated heterocycles. The zero-order valence-corrected chi connectivity index (χ0v) is 20.3. The van der Waals surface area contributed by atoms with Gasteiger partial charge in [-0.25, -0.2) is 4.68 Å². The molecule has 178 valence electrons. The summed E-state index contributed by atoms with van der Waals surface area (Å²) in [5, 5.41) is 8.09. The van der Waals surface area contributed by atoms with E-state index >= 15 is 0 Å². The molecule has 35 heavy (non-hydrogen) atoms. The molecule has 0 radical (unpaired) electrons. The first-order valence-corrected chi connectivity index (χ1v) is 12.3. The zero-order chi connectivity index (χ0) is 24.0. The highest BCUT2D eigenvalue weighted by Gasteiger charge is 2.22. The molecule has 1 aliphatic rings. The minimum Gasteiger partial charge on any atom is -0.349 e. The van der Waals surface area contributed by atoms with Gasteiger partial charge in [0, 0.05) is 42.7 Å². The molecule has 8 heteroatoms. The van der Waals surface area contributed by atoms with Gasteiger partial charge in [0.2, 0.25) is 0 Å². The van der Waals surface area contributed by atoms with Gasteiger partial charge in [0.25, 0.3) is 5.91 Å². The summed E-state index contributed by atoms with van der Waals surface area (Å²) in [6, 6.07) is 23.8. The van der Waals surface area contributed by atoms with Crippen LogP contribution in [0.5, 0.6) is 0 Å². The zero-order valence-electron chi connectivity index (χ0n) is 19.5. The van der Waals surface area contributed by atoms with E-state index in [-0.39, 0.29) is 11.9 Å². The van der Waals surface area contributed by atoms with Crippen LogP contribution >= 0.6 is 12.2 Å². The fraction of sp³-hybridized carbons (Fsp3) is 0.259. The Balaban J connectivity index is 1.28. The Morgan fingerprint density at radius 2 is 1.60 bits per heavy atom. The van der Waals surface area contributed by atoms with Crippen molar-refractivity contribution in [2.75, 3.05) is 13.1 Å². The third-order valence-corrected chi connectivity index (χ3v) is 6.77. The molecule has 1 aliphatic heterocycles. The molecule has 2 aromatic heterocycles. The van der Waals surface area contributed by atoms with Gasteiger partial charge in [0.05, 0.1) is 13.2 Å². The largest absolute Gasteiger partial charge is 0.349 e. The van der Waals surface area contributed by atoms with Gasteiger partial charge in [-0.2, -0.15) is 5.10 Å². The summed E-state index contributed by atoms with van der Waals surface area (Å²) in [5.41, 5.74) is 2.87. The summed E-state index contributed by atoms with van der Waals surface area (Å²) < 4.78 is 4.70. The van der Waals surface area contributed by atoms with E-state index in [1.807, 2.05) is 65.3 Å². The Kier molecular flexibility index (Phi) is 7.11. The molecule has 0 spiro atoms. The number of piperidine rings is 1. The first-order chi connectivity index (χ1) is 17.2. The fourth-order valence-electron chi connectivity index (χ4n) is 4.42. The second-order valence-electron chi connectivity index (χ2n) is 8.79. The number of hydrogen-bond donors (Lipinski definition) is 1. The summed E-state index contributed by atoms with van der Waals surface area (Å²) in [7, 11) is 0. The molecule has 5 rings (SSSR count). The summed E-state index contributed by atoms with van der Waals surface area (Å²) in [5.74, 6) is 0.833. The van der Waals surface area contributed by atoms with E-state index in [1.54, 1.807) is 12.4 Å². The Hall–Kier alpha value is -3.62. The molecule has 0 aliphatic carbocycles. The molecule has 1 N–H and O–H groups in total. The number of nitrogens with zero attached hydrogens (tertiary/aromatic N) is 5. The number of amides is 1. The van der Waals surface area contributed by atoms with Crippen molar-refractivity contribution in [3.63, 3.8) is 0 Å². The van der Waals surface area contributed by atoms with Crippen LogP contribution < -0.4 is 5.32 Å². The maximum atomic E-state index is 12.5. The molecule has 0 unspecified atom stereocenters. The standard InChI is InChI=1S/C27H28N6OS/c34-26(23-9-5-2-6-10-23)29-24-13-17-31(18-14-24)20-33-27(35)32(19-21-7-3-1-4-8-21)25(30-33)22-11-15-28-16-12-22/h1-12,15-16,24H,13-14,17-20H2,(H,29,34). The average molecular weight is 485 g/mol. The second kappa shape index (κ2) is 10.8. The number of carbonyl (C=O) groups is 1. The minimum absolute atomic E-state index is 0.00656. The smallest absolute Gasteiger partial charge is 0.251 e. The van der Waals surface area contributed by atoms with E-state index < -0.39 is 0 Å². The van der Waals surface area contributed by atoms with Crippen LogP contribution in [-0.4, -0.2) is 49.3 Å². The van der Waals surface area contributed by atoms with Gasteiger partial charge in [-0.15, -0.1) is 0 Å². The maximum Gasteiger partial charge on any atom is 0.251 e. The number of aromatic nitrogens is 4. The van der Waals surface area contributed by atoms with Crippen LogP contribution in [0.25, 0.3) is 11.4 Å². The molecular formula is C27H28N6OS. The minimum atomic E-state index is -0.00656. The lowest BCUT2D eigenvalue weighted by molar-refractivity contribution is 0.0896. The molecule has 1 amide bonds. The van der Waals surface area contributed by atoms with Crippen molar-refractivity contribution in [2.24, 2.45) is 0 Å². The van der Waals surface area contributed by atoms with E-state index in [9.17, 15) is 4.79 Å². The lowest BCUT2D eigenvalue weighted by Crippen LogP contribution is -2.45. The van der Waals surface area contributed by atoms with Crippen molar-refractivity contribution < 1.29 is 4.79 Å². The van der Waals surface area contributed by atoms with E-state index in [2.05, 4.69) is 31.9 Å². The number of hydrogen-bond acceptors (Lipinski definition) is 5. The quantitative estimate of drug-likeness (QED) is 0.395. The van der Waals surface area contributed by atoms with Crippen LogP contribution in [0.1, 0.15) is 28.8 Å². The molecule has 3 heterocycles. The monoisotopic (exact) mass is 484 g/mol. The first kappa shape index (κ1) is 23.1. The van der Waals surface area contributed by atoms with Crippen molar-refractivity contribution in [1.29, 1.82) is 0 Å². The number of pyridine rings is 1. The molecule has 4 aromatic rings. The van der Waals surface area contributed by atoms with E-state index in [4.69, 9.17) is 17.3 Å². The number of nitrogens with one attached hydrogen (secondary N) is 1. The van der Waals surface area contributed by atoms with Gasteiger partial charge in [0.15, 0.2) is 10.6 Å². The van der Waals surface area contributed by atoms with Crippen molar-refractivity contribution in [3.05, 3.63) is 101 Å². The van der Waals surface area contributed by atoms with Gasteiger partial charge < -0.3 is 5.32 Å². The van der Waals surface area contributed by atoms with Crippen LogP contribution in [0, 0.1) is 4.77 Å². The molecule has 7 nitrogen and oxygen atoms in total. The highest BCUT2D eigenvalue weighted by molar-refractivity contribution is 7.71. The highest BCUT2D eigenvalue weighted by atomic mass is 32.1. The molecule has 0 bridgehead atoms. The number of likely N-dealkylation sites (tertiary alicyclic amines) is 1. The topological polar surface area (TPSA) is 68.0 Å². The first-order valence-electron chi connectivity index (χ1n) is 11.9. The third-order valence-electron chi connectivity index (χ3n) is 6.34. The lowest BCUT2D eigenvalue weighted by atomic mass is 10.0. The van der Waals surface area contributed by atoms with Crippen molar-refractivity contribution >= 4 is 18.1 Å². The van der Waals surface area contributed by atoms with Gasteiger partial charge in [-0.1, -0.05) is 48.5 Å². The fourth-order valence-corrected chi connectivity index (χ4v) is 4.67. The third kappa shape index (κ3) is 5.55. The Bertz CT molecular complexity index is 1310. The van der Waals surface area contributed by atoms with Crippen molar-refractivity contribution in [1.82, 2.24) is 29.5 Å². The Morgan fingerprint density at radius 3 is 2.29 bits per heavy atom. The molecule has 2 aromatic carbocycles. The Morgan fingerprint density at radius 1 is 0.943 bits per heavy atom. The van der Waals surface area contributed by atoms with Gasteiger partial charge in [-0.05, 0) is 54.9 Å². The normalized spacial score (nSPS) is 14.6. The summed E-state index contributed by atoms with van der Waals surface area (Å²) >= 11 is 5.88. The van der Waals surface area contributed by atoms with Crippen LogP contribution in [-0.2, 0) is 13.2 Å². The summed E-state index contributed by atoms with van der Waals surface area (Å²) in [6.07, 6.45) is 5.35. The van der Waals surface area contributed by atoms with Gasteiger partial charge in [-0.3, -0.25) is 19.2 Å². The summed E-state index contributed by atoms with van der Waals surface area (Å²) in [6.45, 7) is 3.03. The molecule has 0 saturated carbocycles. The van der Waals surface area contributed by atoms with Crippen LogP contribution in [0.3, 0.4) is 0 Å². The maximum absolute atomic E-state index is 12.5. The average Bonchev–Trinajstić information content (AvgIpc) is 3.21. The predicted octanol–water partition coefficient (Wildman–Crippen LogP) is 4.38. The molecule has 1 fully saturated rings. The van der Waals surface area contributed by atoms with Crippen molar-refractivity contribution in [3.8, 4) is 11.4 Å². The molecule has 0 atom stereocenters. The predicted molar refractivity (Wildman–Crippen MR) is 138 cm³/mol. The lowest BCUT2D eigenvalue weighted by Gasteiger charge is -2.32. The van der Waals surface area contributed by atoms with Crippen LogP contribution in [0.2, 0.25) is 0 Å². The Labute approximate surface area is 210 Å². The molecular weight excluding hydrogens is 456 g/mol. The van der Waals surface area contributed by atoms with Crippen molar-refractivity contribution in [2.45, 2.75) is 32.1 Å². The van der Waals surface area contributed by atoms with E-state index in [0.29, 0.717) is 23.5 Å². The highest BCUT2D eigenvalue weighted by Crippen LogP contribution is 2.20. The second-order valence-corrected chi connectivity index (χ2v) is 9.15. The van der Waals surface area contributed by atoms with Gasteiger partial charge in [0.1, 0.15) is 0 Å².